The van der Waals surface area contributed by atoms with E-state index in [4.69, 9.17) is 14.4 Å². The number of hydroxylamine groups is 4. The molecule has 1 aromatic rings. The maximum atomic E-state index is 13.9. The van der Waals surface area contributed by atoms with Crippen molar-refractivity contribution in [1.82, 2.24) is 10.1 Å². The summed E-state index contributed by atoms with van der Waals surface area (Å²) in [5.74, 6) is -2.09. The Kier molecular flexibility index (Phi) is 6.51. The summed E-state index contributed by atoms with van der Waals surface area (Å²) in [5, 5.41) is 2.99. The van der Waals surface area contributed by atoms with E-state index in [-0.39, 0.29) is 16.9 Å². The second kappa shape index (κ2) is 8.54. The van der Waals surface area contributed by atoms with E-state index in [0.29, 0.717) is 43.7 Å². The number of ketones is 1. The van der Waals surface area contributed by atoms with Crippen LogP contribution in [0.15, 0.2) is 16.6 Å². The normalized spacial score (nSPS) is 22.5. The van der Waals surface area contributed by atoms with E-state index in [1.807, 2.05) is 0 Å². The molecule has 2 aliphatic heterocycles. The van der Waals surface area contributed by atoms with Gasteiger partial charge >= 0.3 is 0 Å². The minimum atomic E-state index is -1.06. The minimum Gasteiger partial charge on any atom is -0.382 e. The van der Waals surface area contributed by atoms with Crippen molar-refractivity contribution in [3.63, 3.8) is 0 Å². The molecule has 0 saturated carbocycles. The fourth-order valence-corrected chi connectivity index (χ4v) is 4.30. The van der Waals surface area contributed by atoms with E-state index in [1.165, 1.54) is 24.3 Å². The van der Waals surface area contributed by atoms with Gasteiger partial charge in [0.1, 0.15) is 17.3 Å². The summed E-state index contributed by atoms with van der Waals surface area (Å²) in [6, 6.07) is 2.84. The van der Waals surface area contributed by atoms with Crippen LogP contribution in [0.4, 0.5) is 4.39 Å². The number of halogens is 2. The third kappa shape index (κ3) is 3.61. The minimum absolute atomic E-state index is 0.157. The van der Waals surface area contributed by atoms with E-state index in [1.54, 1.807) is 19.1 Å². The van der Waals surface area contributed by atoms with Crippen molar-refractivity contribution in [3.8, 4) is 0 Å². The van der Waals surface area contributed by atoms with Gasteiger partial charge in [0.2, 0.25) is 0 Å². The van der Waals surface area contributed by atoms with Gasteiger partial charge in [-0.3, -0.25) is 14.4 Å². The highest BCUT2D eigenvalue weighted by Gasteiger charge is 2.60. The van der Waals surface area contributed by atoms with Gasteiger partial charge in [-0.15, -0.1) is 0 Å². The van der Waals surface area contributed by atoms with Crippen molar-refractivity contribution < 1.29 is 28.4 Å². The smallest absolute Gasteiger partial charge is 0.262 e. The highest BCUT2D eigenvalue weighted by molar-refractivity contribution is 9.10. The molecule has 1 aromatic carbocycles. The first kappa shape index (κ1) is 21.3. The Hall–Kier alpha value is -1.39. The van der Waals surface area contributed by atoms with Gasteiger partial charge in [0.25, 0.3) is 5.91 Å². The molecular formula is C19H24BrFN2O5. The van der Waals surface area contributed by atoms with Crippen LogP contribution in [0.1, 0.15) is 29.9 Å². The van der Waals surface area contributed by atoms with Crippen LogP contribution in [0.3, 0.4) is 0 Å². The average molecular weight is 459 g/mol. The third-order valence-corrected chi connectivity index (χ3v) is 6.10. The number of aryl methyl sites for hydroxylation is 1. The predicted octanol–water partition coefficient (Wildman–Crippen LogP) is 2.37. The number of methoxy groups -OCH3 is 1. The quantitative estimate of drug-likeness (QED) is 0.481. The van der Waals surface area contributed by atoms with E-state index in [9.17, 15) is 14.0 Å². The van der Waals surface area contributed by atoms with Crippen LogP contribution < -0.4 is 0 Å². The summed E-state index contributed by atoms with van der Waals surface area (Å²) in [5.41, 5.74) is -0.0112. The van der Waals surface area contributed by atoms with Gasteiger partial charge in [0.05, 0.1) is 24.8 Å². The first-order chi connectivity index (χ1) is 13.4. The number of carbonyl (C=O) groups is 2. The van der Waals surface area contributed by atoms with Crippen LogP contribution in [0.5, 0.6) is 0 Å². The Morgan fingerprint density at radius 3 is 2.50 bits per heavy atom. The molecule has 28 heavy (non-hydrogen) atoms. The summed E-state index contributed by atoms with van der Waals surface area (Å²) in [6.07, 6.45) is 0.798. The maximum absolute atomic E-state index is 13.9. The topological polar surface area (TPSA) is 68.3 Å². The number of ether oxygens (including phenoxy) is 1. The number of hydrogen-bond donors (Lipinski definition) is 0. The molecule has 0 bridgehead atoms. The van der Waals surface area contributed by atoms with Crippen molar-refractivity contribution in [2.45, 2.75) is 31.2 Å². The van der Waals surface area contributed by atoms with Gasteiger partial charge in [-0.05, 0) is 59.0 Å². The number of amides is 1. The van der Waals surface area contributed by atoms with Gasteiger partial charge in [-0.1, -0.05) is 0 Å². The lowest BCUT2D eigenvalue weighted by atomic mass is 9.80. The fourth-order valence-electron chi connectivity index (χ4n) is 3.94. The molecule has 154 valence electrons. The molecule has 1 spiro atoms. The fraction of sp³-hybridized carbons (Fsp3) is 0.579. The lowest BCUT2D eigenvalue weighted by molar-refractivity contribution is -0.232. The van der Waals surface area contributed by atoms with Crippen LogP contribution in [-0.4, -0.2) is 67.9 Å². The monoisotopic (exact) mass is 458 g/mol. The predicted molar refractivity (Wildman–Crippen MR) is 102 cm³/mol. The Morgan fingerprint density at radius 2 is 1.89 bits per heavy atom. The number of Topliss-reactive ketones (excluding diaryl/α,β-unsaturated/α-hetero) is 1. The molecule has 2 heterocycles. The van der Waals surface area contributed by atoms with Gasteiger partial charge in [-0.2, -0.15) is 5.06 Å². The number of carbonyl (C=O) groups excluding carboxylic acids is 2. The van der Waals surface area contributed by atoms with E-state index in [0.717, 1.165) is 0 Å². The van der Waals surface area contributed by atoms with Crippen molar-refractivity contribution >= 4 is 27.6 Å². The second-order valence-corrected chi connectivity index (χ2v) is 7.88. The average Bonchev–Trinajstić information content (AvgIpc) is 2.87. The zero-order chi connectivity index (χ0) is 20.5. The molecule has 0 aliphatic carbocycles. The third-order valence-electron chi connectivity index (χ3n) is 5.49. The molecular weight excluding hydrogens is 435 g/mol. The zero-order valence-electron chi connectivity index (χ0n) is 16.2. The number of rotatable bonds is 6. The molecule has 0 N–H and O–H groups in total. The molecule has 1 amide bonds. The molecule has 2 saturated heterocycles. The number of piperidine rings is 1. The van der Waals surface area contributed by atoms with Crippen LogP contribution in [-0.2, 0) is 24.0 Å². The largest absolute Gasteiger partial charge is 0.382 e. The Bertz CT molecular complexity index is 767. The van der Waals surface area contributed by atoms with Gasteiger partial charge in [0, 0.05) is 20.2 Å². The maximum Gasteiger partial charge on any atom is 0.262 e. The van der Waals surface area contributed by atoms with Gasteiger partial charge in [0.15, 0.2) is 5.78 Å². The molecule has 2 aliphatic rings. The van der Waals surface area contributed by atoms with E-state index >= 15 is 0 Å². The van der Waals surface area contributed by atoms with Gasteiger partial charge in [-0.25, -0.2) is 9.45 Å². The number of hydrogen-bond acceptors (Lipinski definition) is 6. The van der Waals surface area contributed by atoms with E-state index in [2.05, 4.69) is 15.9 Å². The number of nitrogens with zero attached hydrogens (tertiary/aromatic N) is 2. The summed E-state index contributed by atoms with van der Waals surface area (Å²) in [7, 11) is 3.12. The zero-order valence-corrected chi connectivity index (χ0v) is 17.8. The molecule has 0 radical (unpaired) electrons. The van der Waals surface area contributed by atoms with Crippen molar-refractivity contribution in [3.05, 3.63) is 33.5 Å². The molecule has 1 unspecified atom stereocenters. The molecule has 0 aromatic heterocycles. The van der Waals surface area contributed by atoms with Crippen molar-refractivity contribution in [2.75, 3.05) is 40.5 Å². The molecule has 2 fully saturated rings. The standard InChI is InChI=1S/C19H24BrFN2O5/c1-12-10-15(21)14(20)11-13(12)16-17(24)19(4-6-22(27-3)7-5-19)23(18(16)25)28-9-8-26-2/h10-11,16H,4-9H2,1-3H3. The molecule has 1 atom stereocenters. The highest BCUT2D eigenvalue weighted by Crippen LogP contribution is 2.44. The van der Waals surface area contributed by atoms with Crippen LogP contribution in [0, 0.1) is 12.7 Å². The Morgan fingerprint density at radius 1 is 1.21 bits per heavy atom. The summed E-state index contributed by atoms with van der Waals surface area (Å²) < 4.78 is 19.1. The lowest BCUT2D eigenvalue weighted by Crippen LogP contribution is -2.56. The van der Waals surface area contributed by atoms with Gasteiger partial charge < -0.3 is 9.57 Å². The first-order valence-corrected chi connectivity index (χ1v) is 9.90. The lowest BCUT2D eigenvalue weighted by Gasteiger charge is -2.41. The Balaban J connectivity index is 1.98. The Labute approximate surface area is 171 Å². The summed E-state index contributed by atoms with van der Waals surface area (Å²) in [4.78, 5) is 37.8. The highest BCUT2D eigenvalue weighted by atomic mass is 79.9. The SMILES string of the molecule is COCCON1C(=O)C(c2cc(Br)c(F)cc2C)C(=O)C12CCN(OC)CC2. The number of benzene rings is 1. The van der Waals surface area contributed by atoms with Crippen molar-refractivity contribution in [2.24, 2.45) is 0 Å². The molecule has 9 heteroatoms. The van der Waals surface area contributed by atoms with Crippen LogP contribution in [0.25, 0.3) is 0 Å². The van der Waals surface area contributed by atoms with E-state index < -0.39 is 23.2 Å². The summed E-state index contributed by atoms with van der Waals surface area (Å²) >= 11 is 3.16. The molecule has 7 nitrogen and oxygen atoms in total. The second-order valence-electron chi connectivity index (χ2n) is 7.02. The van der Waals surface area contributed by atoms with Crippen LogP contribution in [0.2, 0.25) is 0 Å². The molecule has 3 rings (SSSR count). The first-order valence-electron chi connectivity index (χ1n) is 9.10. The van der Waals surface area contributed by atoms with Crippen molar-refractivity contribution in [1.29, 1.82) is 0 Å². The van der Waals surface area contributed by atoms with Crippen LogP contribution >= 0.6 is 15.9 Å². The summed E-state index contributed by atoms with van der Waals surface area (Å²) in [6.45, 7) is 3.14.